The van der Waals surface area contributed by atoms with Crippen LogP contribution >= 0.6 is 11.8 Å². The van der Waals surface area contributed by atoms with Gasteiger partial charge in [0.05, 0.1) is 0 Å². The van der Waals surface area contributed by atoms with Crippen LogP contribution < -0.4 is 5.73 Å². The minimum Gasteiger partial charge on any atom is -0.370 e. The third kappa shape index (κ3) is 1.40. The highest BCUT2D eigenvalue weighted by molar-refractivity contribution is 8.01. The lowest BCUT2D eigenvalue weighted by Gasteiger charge is -2.22. The van der Waals surface area contributed by atoms with E-state index in [4.69, 9.17) is 5.73 Å². The maximum atomic E-state index is 10.2. The second kappa shape index (κ2) is 2.40. The molecule has 1 aliphatic rings. The standard InChI is InChI=1S/C5H9NOS/c6-5(7)3-4-1-2-8-4/h4H,1-3H2,(H2,6,7). The van der Waals surface area contributed by atoms with Crippen molar-refractivity contribution in [1.29, 1.82) is 0 Å². The fourth-order valence-corrected chi connectivity index (χ4v) is 1.52. The van der Waals surface area contributed by atoms with Gasteiger partial charge in [0.1, 0.15) is 0 Å². The Bertz CT molecular complexity index is 101. The maximum Gasteiger partial charge on any atom is 0.218 e. The minimum absolute atomic E-state index is 0.165. The summed E-state index contributed by atoms with van der Waals surface area (Å²) in [5, 5.41) is 0.549. The summed E-state index contributed by atoms with van der Waals surface area (Å²) in [6.07, 6.45) is 1.75. The number of carbonyl (C=O) groups is 1. The number of carbonyl (C=O) groups excluding carboxylic acids is 1. The van der Waals surface area contributed by atoms with Crippen molar-refractivity contribution in [3.8, 4) is 0 Å². The summed E-state index contributed by atoms with van der Waals surface area (Å²) < 4.78 is 0. The first-order valence-corrected chi connectivity index (χ1v) is 3.74. The number of nitrogens with two attached hydrogens (primary N) is 1. The highest BCUT2D eigenvalue weighted by Crippen LogP contribution is 2.29. The van der Waals surface area contributed by atoms with E-state index in [-0.39, 0.29) is 5.91 Å². The molecule has 46 valence electrons. The molecule has 0 aromatic carbocycles. The van der Waals surface area contributed by atoms with Crippen LogP contribution in [0.4, 0.5) is 0 Å². The lowest BCUT2D eigenvalue weighted by Crippen LogP contribution is -2.23. The molecule has 0 aliphatic carbocycles. The summed E-state index contributed by atoms with van der Waals surface area (Å²) in [5.74, 6) is 1.04. The van der Waals surface area contributed by atoms with Crippen LogP contribution in [0.2, 0.25) is 0 Å². The van der Waals surface area contributed by atoms with E-state index in [1.807, 2.05) is 11.8 Å². The van der Waals surface area contributed by atoms with Gasteiger partial charge in [0, 0.05) is 11.7 Å². The van der Waals surface area contributed by atoms with Crippen molar-refractivity contribution in [2.75, 3.05) is 5.75 Å². The van der Waals surface area contributed by atoms with Crippen LogP contribution in [-0.4, -0.2) is 16.9 Å². The van der Waals surface area contributed by atoms with E-state index < -0.39 is 0 Å². The molecule has 2 nitrogen and oxygen atoms in total. The van der Waals surface area contributed by atoms with E-state index in [0.29, 0.717) is 11.7 Å². The first-order chi connectivity index (χ1) is 3.79. The topological polar surface area (TPSA) is 43.1 Å². The van der Waals surface area contributed by atoms with E-state index in [9.17, 15) is 4.79 Å². The molecule has 1 heterocycles. The van der Waals surface area contributed by atoms with Crippen LogP contribution in [0.15, 0.2) is 0 Å². The van der Waals surface area contributed by atoms with Crippen LogP contribution in [0.1, 0.15) is 12.8 Å². The zero-order chi connectivity index (χ0) is 5.98. The molecule has 1 aliphatic heterocycles. The highest BCUT2D eigenvalue weighted by Gasteiger charge is 2.19. The number of hydrogen-bond donors (Lipinski definition) is 1. The van der Waals surface area contributed by atoms with Gasteiger partial charge in [0.15, 0.2) is 0 Å². The zero-order valence-electron chi connectivity index (χ0n) is 4.59. The average molecular weight is 131 g/mol. The van der Waals surface area contributed by atoms with Crippen molar-refractivity contribution in [3.05, 3.63) is 0 Å². The molecule has 0 aromatic rings. The van der Waals surface area contributed by atoms with E-state index in [1.54, 1.807) is 0 Å². The molecule has 3 heteroatoms. The van der Waals surface area contributed by atoms with Gasteiger partial charge in [-0.15, -0.1) is 0 Å². The lowest BCUT2D eigenvalue weighted by atomic mass is 10.2. The molecule has 1 rings (SSSR count). The minimum atomic E-state index is -0.165. The molecule has 1 unspecified atom stereocenters. The number of thioether (sulfide) groups is 1. The van der Waals surface area contributed by atoms with Crippen molar-refractivity contribution in [2.24, 2.45) is 5.73 Å². The Morgan fingerprint density at radius 1 is 1.88 bits per heavy atom. The van der Waals surface area contributed by atoms with Crippen molar-refractivity contribution < 1.29 is 4.79 Å². The van der Waals surface area contributed by atoms with Crippen molar-refractivity contribution in [1.82, 2.24) is 0 Å². The molecule has 8 heavy (non-hydrogen) atoms. The van der Waals surface area contributed by atoms with Gasteiger partial charge in [0.25, 0.3) is 0 Å². The molecule has 0 radical (unpaired) electrons. The Hall–Kier alpha value is -0.180. The van der Waals surface area contributed by atoms with Gasteiger partial charge >= 0.3 is 0 Å². The van der Waals surface area contributed by atoms with Gasteiger partial charge in [-0.1, -0.05) is 0 Å². The van der Waals surface area contributed by atoms with Gasteiger partial charge in [-0.05, 0) is 12.2 Å². The smallest absolute Gasteiger partial charge is 0.218 e. The predicted octanol–water partition coefficient (Wildman–Crippen LogP) is 0.367. The fourth-order valence-electron chi connectivity index (χ4n) is 0.670. The van der Waals surface area contributed by atoms with Crippen LogP contribution in [0.25, 0.3) is 0 Å². The third-order valence-corrected chi connectivity index (χ3v) is 2.57. The first kappa shape index (κ1) is 5.95. The zero-order valence-corrected chi connectivity index (χ0v) is 5.41. The Kier molecular flexibility index (Phi) is 1.78. The van der Waals surface area contributed by atoms with Gasteiger partial charge in [-0.25, -0.2) is 0 Å². The lowest BCUT2D eigenvalue weighted by molar-refractivity contribution is -0.118. The molecule has 1 amide bonds. The van der Waals surface area contributed by atoms with E-state index in [2.05, 4.69) is 0 Å². The normalized spacial score (nSPS) is 26.8. The molecular formula is C5H9NOS. The second-order valence-corrected chi connectivity index (χ2v) is 3.36. The first-order valence-electron chi connectivity index (χ1n) is 2.69. The van der Waals surface area contributed by atoms with Crippen LogP contribution in [0.3, 0.4) is 0 Å². The van der Waals surface area contributed by atoms with Crippen molar-refractivity contribution in [2.45, 2.75) is 18.1 Å². The Balaban J connectivity index is 2.09. The van der Waals surface area contributed by atoms with Gasteiger partial charge in [-0.2, -0.15) is 11.8 Å². The number of amides is 1. The summed E-state index contributed by atoms with van der Waals surface area (Å²) in [4.78, 5) is 10.2. The molecule has 1 saturated heterocycles. The summed E-state index contributed by atoms with van der Waals surface area (Å²) in [6, 6.07) is 0. The maximum absolute atomic E-state index is 10.2. The fraction of sp³-hybridized carbons (Fsp3) is 0.800. The highest BCUT2D eigenvalue weighted by atomic mass is 32.2. The van der Waals surface area contributed by atoms with Gasteiger partial charge < -0.3 is 5.73 Å². The van der Waals surface area contributed by atoms with Gasteiger partial charge in [0.2, 0.25) is 5.91 Å². The van der Waals surface area contributed by atoms with Crippen LogP contribution in [0.5, 0.6) is 0 Å². The quantitative estimate of drug-likeness (QED) is 0.588. The number of rotatable bonds is 2. The molecule has 0 aromatic heterocycles. The summed E-state index contributed by atoms with van der Waals surface area (Å²) in [6.45, 7) is 0. The SMILES string of the molecule is NC(=O)CC1CCS1. The summed E-state index contributed by atoms with van der Waals surface area (Å²) in [7, 11) is 0. The summed E-state index contributed by atoms with van der Waals surface area (Å²) >= 11 is 1.83. The number of hydrogen-bond acceptors (Lipinski definition) is 2. The molecule has 2 N–H and O–H groups in total. The monoisotopic (exact) mass is 131 g/mol. The molecule has 0 bridgehead atoms. The Morgan fingerprint density at radius 2 is 2.50 bits per heavy atom. The van der Waals surface area contributed by atoms with Gasteiger partial charge in [-0.3, -0.25) is 4.79 Å². The van der Waals surface area contributed by atoms with E-state index in [1.165, 1.54) is 12.2 Å². The summed E-state index contributed by atoms with van der Waals surface area (Å²) in [5.41, 5.74) is 4.95. The van der Waals surface area contributed by atoms with Crippen LogP contribution in [-0.2, 0) is 4.79 Å². The van der Waals surface area contributed by atoms with E-state index in [0.717, 1.165) is 0 Å². The predicted molar refractivity (Wildman–Crippen MR) is 34.7 cm³/mol. The molecule has 1 atom stereocenters. The largest absolute Gasteiger partial charge is 0.370 e. The Morgan fingerprint density at radius 3 is 2.62 bits per heavy atom. The third-order valence-electron chi connectivity index (χ3n) is 1.22. The van der Waals surface area contributed by atoms with Crippen molar-refractivity contribution in [3.63, 3.8) is 0 Å². The Labute approximate surface area is 52.8 Å². The van der Waals surface area contributed by atoms with Crippen LogP contribution in [0, 0.1) is 0 Å². The van der Waals surface area contributed by atoms with E-state index >= 15 is 0 Å². The molecule has 0 saturated carbocycles. The number of primary amides is 1. The van der Waals surface area contributed by atoms with Crippen molar-refractivity contribution >= 4 is 17.7 Å². The molecular weight excluding hydrogens is 122 g/mol. The molecule has 1 fully saturated rings. The second-order valence-electron chi connectivity index (χ2n) is 1.95. The average Bonchev–Trinajstić information content (AvgIpc) is 1.55. The molecule has 0 spiro atoms.